The molecular formula is C14H14N2O4S2. The SMILES string of the molecule is NS(=O)(=O)c1ccc2c(c1)N(S(=O)(=O)c1ccccc1)CC2. The van der Waals surface area contributed by atoms with Crippen LogP contribution in [0.4, 0.5) is 5.69 Å². The summed E-state index contributed by atoms with van der Waals surface area (Å²) < 4.78 is 49.6. The maximum Gasteiger partial charge on any atom is 0.264 e. The number of primary sulfonamides is 1. The number of nitrogens with zero attached hydrogens (tertiary/aromatic N) is 1. The summed E-state index contributed by atoms with van der Waals surface area (Å²) in [4.78, 5) is 0.0743. The molecule has 0 fully saturated rings. The average Bonchev–Trinajstić information content (AvgIpc) is 2.91. The number of sulfonamides is 2. The molecule has 0 saturated carbocycles. The Morgan fingerprint density at radius 3 is 2.23 bits per heavy atom. The van der Waals surface area contributed by atoms with Crippen LogP contribution in [-0.4, -0.2) is 23.4 Å². The third-order valence-electron chi connectivity index (χ3n) is 3.57. The Labute approximate surface area is 129 Å². The Bertz CT molecular complexity index is 923. The van der Waals surface area contributed by atoms with Gasteiger partial charge in [-0.2, -0.15) is 0 Å². The zero-order valence-corrected chi connectivity index (χ0v) is 13.1. The lowest BCUT2D eigenvalue weighted by atomic mass is 10.2. The minimum Gasteiger partial charge on any atom is -0.266 e. The molecule has 2 aromatic carbocycles. The monoisotopic (exact) mass is 338 g/mol. The van der Waals surface area contributed by atoms with E-state index >= 15 is 0 Å². The smallest absolute Gasteiger partial charge is 0.264 e. The molecule has 0 unspecified atom stereocenters. The molecule has 2 aromatic rings. The molecule has 1 heterocycles. The lowest BCUT2D eigenvalue weighted by molar-refractivity contribution is 0.591. The van der Waals surface area contributed by atoms with Gasteiger partial charge in [0.05, 0.1) is 15.5 Å². The molecule has 0 bridgehead atoms. The number of rotatable bonds is 3. The quantitative estimate of drug-likeness (QED) is 0.905. The van der Waals surface area contributed by atoms with Crippen LogP contribution in [0.2, 0.25) is 0 Å². The maximum absolute atomic E-state index is 12.7. The highest BCUT2D eigenvalue weighted by Crippen LogP contribution is 2.34. The Kier molecular flexibility index (Phi) is 3.47. The molecule has 22 heavy (non-hydrogen) atoms. The third kappa shape index (κ3) is 2.49. The van der Waals surface area contributed by atoms with Crippen LogP contribution >= 0.6 is 0 Å². The number of fused-ring (bicyclic) bond motifs is 1. The largest absolute Gasteiger partial charge is 0.266 e. The first-order chi connectivity index (χ1) is 10.3. The van der Waals surface area contributed by atoms with Gasteiger partial charge in [0.1, 0.15) is 0 Å². The Hall–Kier alpha value is -1.90. The third-order valence-corrected chi connectivity index (χ3v) is 6.31. The van der Waals surface area contributed by atoms with Crippen molar-refractivity contribution in [1.82, 2.24) is 0 Å². The molecule has 0 spiro atoms. The summed E-state index contributed by atoms with van der Waals surface area (Å²) in [5, 5.41) is 5.12. The summed E-state index contributed by atoms with van der Waals surface area (Å²) in [5.74, 6) is 0. The molecule has 0 aliphatic carbocycles. The molecule has 0 aromatic heterocycles. The van der Waals surface area contributed by atoms with E-state index in [4.69, 9.17) is 5.14 Å². The fourth-order valence-electron chi connectivity index (χ4n) is 2.48. The minimum atomic E-state index is -3.88. The van der Waals surface area contributed by atoms with Gasteiger partial charge < -0.3 is 0 Å². The summed E-state index contributed by atoms with van der Waals surface area (Å²) in [6.07, 6.45) is 0.534. The zero-order chi connectivity index (χ0) is 16.0. The second kappa shape index (κ2) is 5.08. The van der Waals surface area contributed by atoms with Crippen molar-refractivity contribution < 1.29 is 16.8 Å². The van der Waals surface area contributed by atoms with E-state index in [1.165, 1.54) is 28.6 Å². The van der Waals surface area contributed by atoms with Gasteiger partial charge in [0.2, 0.25) is 10.0 Å². The van der Waals surface area contributed by atoms with Crippen LogP contribution < -0.4 is 9.44 Å². The maximum atomic E-state index is 12.7. The molecule has 0 amide bonds. The van der Waals surface area contributed by atoms with Crippen molar-refractivity contribution in [3.05, 3.63) is 54.1 Å². The predicted octanol–water partition coefficient (Wildman–Crippen LogP) is 1.09. The minimum absolute atomic E-state index is 0.0959. The van der Waals surface area contributed by atoms with Gasteiger partial charge in [-0.25, -0.2) is 22.0 Å². The summed E-state index contributed by atoms with van der Waals surface area (Å²) in [6, 6.07) is 12.4. The first kappa shape index (κ1) is 15.0. The Morgan fingerprint density at radius 2 is 1.59 bits per heavy atom. The van der Waals surface area contributed by atoms with E-state index < -0.39 is 20.0 Å². The Balaban J connectivity index is 2.12. The van der Waals surface area contributed by atoms with Crippen molar-refractivity contribution >= 4 is 25.7 Å². The first-order valence-corrected chi connectivity index (χ1v) is 9.52. The number of nitrogens with two attached hydrogens (primary N) is 1. The average molecular weight is 338 g/mol. The van der Waals surface area contributed by atoms with E-state index in [2.05, 4.69) is 0 Å². The van der Waals surface area contributed by atoms with Crippen LogP contribution in [0.25, 0.3) is 0 Å². The highest BCUT2D eigenvalue weighted by molar-refractivity contribution is 7.93. The molecule has 6 nitrogen and oxygen atoms in total. The molecule has 1 aliphatic rings. The first-order valence-electron chi connectivity index (χ1n) is 6.54. The summed E-state index contributed by atoms with van der Waals surface area (Å²) in [5.41, 5.74) is 1.15. The van der Waals surface area contributed by atoms with Crippen LogP contribution in [0, 0.1) is 0 Å². The van der Waals surface area contributed by atoms with Crippen molar-refractivity contribution in [2.24, 2.45) is 5.14 Å². The van der Waals surface area contributed by atoms with E-state index in [0.717, 1.165) is 5.56 Å². The molecule has 0 radical (unpaired) electrons. The van der Waals surface area contributed by atoms with Crippen LogP contribution in [0.3, 0.4) is 0 Å². The second-order valence-electron chi connectivity index (χ2n) is 4.98. The molecule has 116 valence electrons. The fraction of sp³-hybridized carbons (Fsp3) is 0.143. The van der Waals surface area contributed by atoms with Gasteiger partial charge in [-0.05, 0) is 36.2 Å². The predicted molar refractivity (Wildman–Crippen MR) is 82.5 cm³/mol. The summed E-state index contributed by atoms with van der Waals surface area (Å²) >= 11 is 0. The van der Waals surface area contributed by atoms with Crippen LogP contribution in [0.1, 0.15) is 5.56 Å². The molecular weight excluding hydrogens is 324 g/mol. The van der Waals surface area contributed by atoms with Crippen molar-refractivity contribution in [3.63, 3.8) is 0 Å². The van der Waals surface area contributed by atoms with Crippen molar-refractivity contribution in [1.29, 1.82) is 0 Å². The highest BCUT2D eigenvalue weighted by Gasteiger charge is 2.31. The highest BCUT2D eigenvalue weighted by atomic mass is 32.2. The topological polar surface area (TPSA) is 97.5 Å². The van der Waals surface area contributed by atoms with Gasteiger partial charge >= 0.3 is 0 Å². The lowest BCUT2D eigenvalue weighted by Crippen LogP contribution is -2.29. The Morgan fingerprint density at radius 1 is 0.909 bits per heavy atom. The molecule has 3 rings (SSSR count). The molecule has 8 heteroatoms. The van der Waals surface area contributed by atoms with E-state index in [9.17, 15) is 16.8 Å². The second-order valence-corrected chi connectivity index (χ2v) is 8.40. The van der Waals surface area contributed by atoms with E-state index in [-0.39, 0.29) is 16.3 Å². The van der Waals surface area contributed by atoms with Crippen LogP contribution in [-0.2, 0) is 26.5 Å². The fourth-order valence-corrected chi connectivity index (χ4v) is 4.53. The van der Waals surface area contributed by atoms with Gasteiger partial charge in [-0.15, -0.1) is 0 Å². The molecule has 0 atom stereocenters. The zero-order valence-electron chi connectivity index (χ0n) is 11.5. The van der Waals surface area contributed by atoms with Crippen molar-refractivity contribution in [2.45, 2.75) is 16.2 Å². The van der Waals surface area contributed by atoms with E-state index in [1.807, 2.05) is 0 Å². The summed E-state index contributed by atoms with van der Waals surface area (Å²) in [6.45, 7) is 0.278. The number of anilines is 1. The normalized spacial score (nSPS) is 14.9. The standard InChI is InChI=1S/C14H14N2O4S2/c15-21(17,18)13-7-6-11-8-9-16(14(11)10-13)22(19,20)12-4-2-1-3-5-12/h1-7,10H,8-9H2,(H2,15,17,18). The summed E-state index contributed by atoms with van der Waals surface area (Å²) in [7, 11) is -7.60. The van der Waals surface area contributed by atoms with Crippen LogP contribution in [0.15, 0.2) is 58.3 Å². The number of benzene rings is 2. The van der Waals surface area contributed by atoms with Gasteiger partial charge in [0.25, 0.3) is 10.0 Å². The van der Waals surface area contributed by atoms with E-state index in [1.54, 1.807) is 24.3 Å². The van der Waals surface area contributed by atoms with Gasteiger partial charge in [-0.1, -0.05) is 24.3 Å². The van der Waals surface area contributed by atoms with Gasteiger partial charge in [0, 0.05) is 6.54 Å². The lowest BCUT2D eigenvalue weighted by Gasteiger charge is -2.20. The van der Waals surface area contributed by atoms with Crippen molar-refractivity contribution in [2.75, 3.05) is 10.8 Å². The molecule has 1 aliphatic heterocycles. The van der Waals surface area contributed by atoms with Gasteiger partial charge in [-0.3, -0.25) is 4.31 Å². The van der Waals surface area contributed by atoms with E-state index in [0.29, 0.717) is 12.1 Å². The number of hydrogen-bond acceptors (Lipinski definition) is 4. The van der Waals surface area contributed by atoms with Crippen molar-refractivity contribution in [3.8, 4) is 0 Å². The molecule has 2 N–H and O–H groups in total. The van der Waals surface area contributed by atoms with Crippen LogP contribution in [0.5, 0.6) is 0 Å². The molecule has 0 saturated heterocycles. The number of hydrogen-bond donors (Lipinski definition) is 1. The van der Waals surface area contributed by atoms with Gasteiger partial charge in [0.15, 0.2) is 0 Å².